The van der Waals surface area contributed by atoms with E-state index in [1.807, 2.05) is 20.8 Å². The number of nitrogens with one attached hydrogen (secondary N) is 1. The van der Waals surface area contributed by atoms with Crippen LogP contribution >= 0.6 is 0 Å². The summed E-state index contributed by atoms with van der Waals surface area (Å²) in [6, 6.07) is 0. The number of rotatable bonds is 5. The number of methoxy groups -OCH3 is 1. The SMILES string of the molecule is COCCC1(CNC2=NCCN(C(=O)OC(C)(C)C)C2)CC1. The van der Waals surface area contributed by atoms with Crippen LogP contribution in [-0.4, -0.2) is 62.3 Å². The minimum Gasteiger partial charge on any atom is -0.444 e. The molecule has 2 rings (SSSR count). The van der Waals surface area contributed by atoms with Gasteiger partial charge in [-0.2, -0.15) is 0 Å². The largest absolute Gasteiger partial charge is 0.444 e. The third kappa shape index (κ3) is 5.16. The second-order valence-corrected chi connectivity index (χ2v) is 7.33. The summed E-state index contributed by atoms with van der Waals surface area (Å²) in [6.45, 7) is 9.13. The lowest BCUT2D eigenvalue weighted by Crippen LogP contribution is -2.48. The standard InChI is InChI=1S/C16H29N3O3/c1-15(2,3)22-14(20)19-9-8-17-13(11-19)18-12-16(5-6-16)7-10-21-4/h5-12H2,1-4H3,(H,17,18). The number of amides is 1. The van der Waals surface area contributed by atoms with Crippen LogP contribution in [0.25, 0.3) is 0 Å². The summed E-state index contributed by atoms with van der Waals surface area (Å²) < 4.78 is 10.6. The van der Waals surface area contributed by atoms with Gasteiger partial charge in [0.2, 0.25) is 0 Å². The lowest BCUT2D eigenvalue weighted by Gasteiger charge is -2.30. The first-order valence-corrected chi connectivity index (χ1v) is 8.08. The molecule has 126 valence electrons. The number of ether oxygens (including phenoxy) is 2. The van der Waals surface area contributed by atoms with E-state index >= 15 is 0 Å². The van der Waals surface area contributed by atoms with Crippen LogP contribution in [0, 0.1) is 5.41 Å². The highest BCUT2D eigenvalue weighted by atomic mass is 16.6. The molecule has 1 amide bonds. The van der Waals surface area contributed by atoms with Crippen LogP contribution in [0.1, 0.15) is 40.0 Å². The zero-order valence-electron chi connectivity index (χ0n) is 14.3. The number of nitrogens with zero attached hydrogens (tertiary/aromatic N) is 2. The molecule has 1 aliphatic carbocycles. The molecule has 0 bridgehead atoms. The van der Waals surface area contributed by atoms with Gasteiger partial charge in [0.05, 0.1) is 13.1 Å². The van der Waals surface area contributed by atoms with E-state index in [9.17, 15) is 4.79 Å². The second kappa shape index (κ2) is 6.86. The molecule has 1 fully saturated rings. The van der Waals surface area contributed by atoms with E-state index in [0.29, 0.717) is 25.0 Å². The van der Waals surface area contributed by atoms with Crippen LogP contribution in [0.4, 0.5) is 4.79 Å². The van der Waals surface area contributed by atoms with Crippen molar-refractivity contribution in [1.82, 2.24) is 10.2 Å². The lowest BCUT2D eigenvalue weighted by atomic mass is 10.0. The maximum atomic E-state index is 12.1. The van der Waals surface area contributed by atoms with Gasteiger partial charge >= 0.3 is 6.09 Å². The van der Waals surface area contributed by atoms with Crippen LogP contribution in [0.5, 0.6) is 0 Å². The minimum atomic E-state index is -0.461. The molecule has 1 aliphatic heterocycles. The van der Waals surface area contributed by atoms with E-state index in [2.05, 4.69) is 10.3 Å². The molecule has 1 N–H and O–H groups in total. The smallest absolute Gasteiger partial charge is 0.410 e. The summed E-state index contributed by atoms with van der Waals surface area (Å²) in [5.41, 5.74) is -0.0930. The van der Waals surface area contributed by atoms with Crippen LogP contribution in [0.3, 0.4) is 0 Å². The van der Waals surface area contributed by atoms with Crippen LogP contribution in [0.2, 0.25) is 0 Å². The molecule has 6 heteroatoms. The van der Waals surface area contributed by atoms with Gasteiger partial charge in [-0.3, -0.25) is 9.89 Å². The molecular weight excluding hydrogens is 282 g/mol. The average Bonchev–Trinajstić information content (AvgIpc) is 3.22. The number of hydrogen-bond acceptors (Lipinski definition) is 5. The van der Waals surface area contributed by atoms with Crippen molar-refractivity contribution >= 4 is 11.9 Å². The summed E-state index contributed by atoms with van der Waals surface area (Å²) in [7, 11) is 1.74. The fraction of sp³-hybridized carbons (Fsp3) is 0.875. The zero-order chi connectivity index (χ0) is 16.2. The molecule has 0 radical (unpaired) electrons. The predicted octanol–water partition coefficient (Wildman–Crippen LogP) is 2.04. The Morgan fingerprint density at radius 1 is 1.41 bits per heavy atom. The van der Waals surface area contributed by atoms with E-state index in [0.717, 1.165) is 25.4 Å². The number of carbonyl (C=O) groups excluding carboxylic acids is 1. The highest BCUT2D eigenvalue weighted by Gasteiger charge is 2.42. The predicted molar refractivity (Wildman–Crippen MR) is 86.3 cm³/mol. The Morgan fingerprint density at radius 2 is 2.14 bits per heavy atom. The Kier molecular flexibility index (Phi) is 5.32. The lowest BCUT2D eigenvalue weighted by molar-refractivity contribution is 0.0276. The maximum absolute atomic E-state index is 12.1. The van der Waals surface area contributed by atoms with E-state index in [4.69, 9.17) is 9.47 Å². The van der Waals surface area contributed by atoms with Gasteiger partial charge in [-0.15, -0.1) is 0 Å². The fourth-order valence-electron chi connectivity index (χ4n) is 2.51. The molecule has 0 aromatic heterocycles. The second-order valence-electron chi connectivity index (χ2n) is 7.33. The fourth-order valence-corrected chi connectivity index (χ4v) is 2.51. The zero-order valence-corrected chi connectivity index (χ0v) is 14.3. The van der Waals surface area contributed by atoms with Crippen molar-refractivity contribution in [3.8, 4) is 0 Å². The first-order valence-electron chi connectivity index (χ1n) is 8.08. The van der Waals surface area contributed by atoms with Crippen molar-refractivity contribution in [2.24, 2.45) is 10.4 Å². The first kappa shape index (κ1) is 17.1. The summed E-state index contributed by atoms with van der Waals surface area (Å²) in [5.74, 6) is 0.890. The van der Waals surface area contributed by atoms with Crippen molar-refractivity contribution in [2.45, 2.75) is 45.6 Å². The van der Waals surface area contributed by atoms with Crippen LogP contribution < -0.4 is 5.32 Å². The highest BCUT2D eigenvalue weighted by molar-refractivity contribution is 5.87. The number of aliphatic imine (C=N–C) groups is 1. The van der Waals surface area contributed by atoms with Gasteiger partial charge in [0, 0.05) is 26.8 Å². The van der Waals surface area contributed by atoms with E-state index in [1.165, 1.54) is 12.8 Å². The van der Waals surface area contributed by atoms with Crippen LogP contribution in [0.15, 0.2) is 4.99 Å². The third-order valence-corrected chi connectivity index (χ3v) is 4.13. The first-order chi connectivity index (χ1) is 10.3. The highest BCUT2D eigenvalue weighted by Crippen LogP contribution is 2.48. The van der Waals surface area contributed by atoms with Crippen molar-refractivity contribution in [3.05, 3.63) is 0 Å². The Labute approximate surface area is 133 Å². The van der Waals surface area contributed by atoms with Gasteiger partial charge in [0.1, 0.15) is 11.4 Å². The van der Waals surface area contributed by atoms with Crippen molar-refractivity contribution in [3.63, 3.8) is 0 Å². The van der Waals surface area contributed by atoms with Gasteiger partial charge in [-0.05, 0) is 45.4 Å². The molecule has 6 nitrogen and oxygen atoms in total. The molecule has 2 aliphatic rings. The van der Waals surface area contributed by atoms with Gasteiger partial charge in [-0.1, -0.05) is 0 Å². The number of amidine groups is 1. The molecule has 1 heterocycles. The van der Waals surface area contributed by atoms with Gasteiger partial charge in [0.15, 0.2) is 0 Å². The van der Waals surface area contributed by atoms with E-state index < -0.39 is 5.60 Å². The molecule has 0 spiro atoms. The summed E-state index contributed by atoms with van der Waals surface area (Å²) >= 11 is 0. The Hall–Kier alpha value is -1.30. The summed E-state index contributed by atoms with van der Waals surface area (Å²) in [6.07, 6.45) is 3.31. The van der Waals surface area contributed by atoms with Crippen LogP contribution in [-0.2, 0) is 9.47 Å². The minimum absolute atomic E-state index is 0.262. The number of carbonyl (C=O) groups is 1. The number of hydrogen-bond donors (Lipinski definition) is 1. The molecule has 0 atom stereocenters. The molecule has 0 aromatic rings. The molecule has 0 unspecified atom stereocenters. The average molecular weight is 311 g/mol. The van der Waals surface area contributed by atoms with Gasteiger partial charge < -0.3 is 14.8 Å². The quantitative estimate of drug-likeness (QED) is 0.844. The Balaban J connectivity index is 1.79. The van der Waals surface area contributed by atoms with Gasteiger partial charge in [0.25, 0.3) is 0 Å². The van der Waals surface area contributed by atoms with E-state index in [-0.39, 0.29) is 6.09 Å². The Bertz CT molecular complexity index is 425. The van der Waals surface area contributed by atoms with Crippen molar-refractivity contribution in [2.75, 3.05) is 39.9 Å². The molecule has 0 saturated heterocycles. The van der Waals surface area contributed by atoms with Gasteiger partial charge in [-0.25, -0.2) is 4.79 Å². The maximum Gasteiger partial charge on any atom is 0.410 e. The van der Waals surface area contributed by atoms with E-state index in [1.54, 1.807) is 12.0 Å². The molecule has 0 aromatic carbocycles. The molecule has 1 saturated carbocycles. The summed E-state index contributed by atoms with van der Waals surface area (Å²) in [4.78, 5) is 18.3. The molecule has 22 heavy (non-hydrogen) atoms. The molecular formula is C16H29N3O3. The third-order valence-electron chi connectivity index (χ3n) is 4.13. The summed E-state index contributed by atoms with van der Waals surface area (Å²) in [5, 5.41) is 3.43. The topological polar surface area (TPSA) is 63.2 Å². The monoisotopic (exact) mass is 311 g/mol. The van der Waals surface area contributed by atoms with Crippen molar-refractivity contribution in [1.29, 1.82) is 0 Å². The Morgan fingerprint density at radius 3 is 2.73 bits per heavy atom. The normalized spacial score (nSPS) is 20.4. The van der Waals surface area contributed by atoms with Crippen molar-refractivity contribution < 1.29 is 14.3 Å².